The van der Waals surface area contributed by atoms with Crippen LogP contribution in [-0.2, 0) is 6.54 Å². The second-order valence-electron chi connectivity index (χ2n) is 10.3. The summed E-state index contributed by atoms with van der Waals surface area (Å²) in [5.41, 5.74) is 0.556. The molecule has 0 spiro atoms. The molecule has 3 aromatic carbocycles. The maximum absolute atomic E-state index is 13.2. The van der Waals surface area contributed by atoms with Crippen LogP contribution in [0.4, 0.5) is 32.0 Å². The molecular weight excluding hydrogens is 727 g/mol. The predicted molar refractivity (Wildman–Crippen MR) is 182 cm³/mol. The van der Waals surface area contributed by atoms with E-state index in [-0.39, 0.29) is 33.7 Å². The first-order valence-electron chi connectivity index (χ1n) is 14.4. The number of hydrogen-bond donors (Lipinski definition) is 1. The van der Waals surface area contributed by atoms with Crippen LogP contribution in [0.2, 0.25) is 0 Å². The van der Waals surface area contributed by atoms with E-state index >= 15 is 0 Å². The third-order valence-electron chi connectivity index (χ3n) is 6.78. The van der Waals surface area contributed by atoms with Crippen molar-refractivity contribution in [2.75, 3.05) is 27.4 Å². The number of benzene rings is 3. The number of thiocarbonyl (C=S) groups is 1. The summed E-state index contributed by atoms with van der Waals surface area (Å²) in [4.78, 5) is 32.8. The zero-order valence-corrected chi connectivity index (χ0v) is 28.1. The molecule has 0 amide bonds. The van der Waals surface area contributed by atoms with Crippen molar-refractivity contribution in [2.24, 2.45) is 4.99 Å². The number of nitrogens with one attached hydrogen (secondary N) is 1. The Kier molecular flexibility index (Phi) is 12.4. The van der Waals surface area contributed by atoms with E-state index in [1.807, 2.05) is 0 Å². The normalized spacial score (nSPS) is 11.2. The van der Waals surface area contributed by atoms with E-state index in [1.54, 1.807) is 18.2 Å². The molecule has 268 valence electrons. The van der Waals surface area contributed by atoms with E-state index in [0.717, 1.165) is 10.1 Å². The quantitative estimate of drug-likeness (QED) is 0.0885. The molecule has 0 saturated carbocycles. The van der Waals surface area contributed by atoms with Gasteiger partial charge in [0, 0.05) is 17.8 Å². The van der Waals surface area contributed by atoms with Crippen LogP contribution in [0.15, 0.2) is 93.6 Å². The van der Waals surface area contributed by atoms with Crippen molar-refractivity contribution >= 4 is 46.2 Å². The van der Waals surface area contributed by atoms with Gasteiger partial charge in [0.25, 0.3) is 11.1 Å². The second-order valence-corrected chi connectivity index (χ2v) is 10.9. The van der Waals surface area contributed by atoms with Crippen molar-refractivity contribution in [3.8, 4) is 28.7 Å². The van der Waals surface area contributed by atoms with Crippen LogP contribution in [0, 0.1) is 4.77 Å². The standard InChI is InChI=1S/C24H20F3N3O5S.C9H6F3NOS/c1-33-17-6-3-14(19(11-17)34-2)12-29-10-9-18-20(22(29)32)28-23(36)30(21(18)31)15-4-7-16(8-5-15)35-13-24(25,26)27;10-9(11,12)5-14-8-3-1-7(2-4-8)13-6-15/h3-11H,12-13H2,1-2H3,(H,28,36);1-4H,5H2. The molecule has 51 heavy (non-hydrogen) atoms. The molecule has 0 aliphatic heterocycles. The van der Waals surface area contributed by atoms with Crippen LogP contribution in [0.3, 0.4) is 0 Å². The first kappa shape index (κ1) is 38.4. The number of aliphatic imine (C=N–C) groups is 1. The van der Waals surface area contributed by atoms with Gasteiger partial charge in [0.2, 0.25) is 0 Å². The summed E-state index contributed by atoms with van der Waals surface area (Å²) in [6.45, 7) is -2.56. The summed E-state index contributed by atoms with van der Waals surface area (Å²) in [6.07, 6.45) is -7.31. The Hall–Kier alpha value is -5.45. The molecule has 1 N–H and O–H groups in total. The molecule has 0 unspecified atom stereocenters. The highest BCUT2D eigenvalue weighted by molar-refractivity contribution is 7.78. The lowest BCUT2D eigenvalue weighted by atomic mass is 10.2. The highest BCUT2D eigenvalue weighted by Crippen LogP contribution is 2.26. The Balaban J connectivity index is 0.000000326. The molecule has 0 aliphatic carbocycles. The molecular formula is C33H26F6N4O6S2. The largest absolute Gasteiger partial charge is 0.497 e. The number of aromatic nitrogens is 3. The van der Waals surface area contributed by atoms with Crippen LogP contribution >= 0.6 is 24.4 Å². The lowest BCUT2D eigenvalue weighted by Crippen LogP contribution is -2.27. The van der Waals surface area contributed by atoms with E-state index in [2.05, 4.69) is 32.1 Å². The smallest absolute Gasteiger partial charge is 0.422 e. The van der Waals surface area contributed by atoms with Crippen molar-refractivity contribution in [3.63, 3.8) is 0 Å². The van der Waals surface area contributed by atoms with Gasteiger partial charge in [0.05, 0.1) is 42.7 Å². The van der Waals surface area contributed by atoms with Crippen LogP contribution in [0.1, 0.15) is 5.56 Å². The minimum absolute atomic E-state index is 0.0170. The average molecular weight is 753 g/mol. The minimum atomic E-state index is -4.47. The summed E-state index contributed by atoms with van der Waals surface area (Å²) in [6, 6.07) is 17.9. The monoisotopic (exact) mass is 752 g/mol. The zero-order chi connectivity index (χ0) is 37.3. The number of halogens is 6. The number of isothiocyanates is 1. The van der Waals surface area contributed by atoms with Gasteiger partial charge in [-0.15, -0.1) is 0 Å². The van der Waals surface area contributed by atoms with E-state index in [4.69, 9.17) is 26.4 Å². The third-order valence-corrected chi connectivity index (χ3v) is 7.16. The molecule has 5 rings (SSSR count). The van der Waals surface area contributed by atoms with Crippen LogP contribution in [-0.4, -0.2) is 59.1 Å². The number of methoxy groups -OCH3 is 2. The number of H-pyrrole nitrogens is 1. The average Bonchev–Trinajstić information content (AvgIpc) is 3.09. The Bertz CT molecular complexity index is 2210. The molecule has 5 aromatic rings. The molecule has 0 aliphatic rings. The molecule has 0 bridgehead atoms. The topological polar surface area (TPSA) is 109 Å². The van der Waals surface area contributed by atoms with Gasteiger partial charge in [0.15, 0.2) is 18.0 Å². The second kappa shape index (κ2) is 16.5. The lowest BCUT2D eigenvalue weighted by Gasteiger charge is -2.13. The van der Waals surface area contributed by atoms with E-state index < -0.39 is 36.7 Å². The fraction of sp³-hybridized carbons (Fsp3) is 0.212. The molecule has 10 nitrogen and oxygen atoms in total. The maximum Gasteiger partial charge on any atom is 0.422 e. The number of hydrogen-bond acceptors (Lipinski definition) is 9. The number of rotatable bonds is 10. The highest BCUT2D eigenvalue weighted by atomic mass is 32.1. The van der Waals surface area contributed by atoms with Gasteiger partial charge in [0.1, 0.15) is 28.5 Å². The summed E-state index contributed by atoms with van der Waals surface area (Å²) in [5.74, 6) is 1.26. The Morgan fingerprint density at radius 3 is 1.88 bits per heavy atom. The van der Waals surface area contributed by atoms with Gasteiger partial charge in [-0.25, -0.2) is 0 Å². The number of fused-ring (bicyclic) bond motifs is 1. The first-order chi connectivity index (χ1) is 24.1. The van der Waals surface area contributed by atoms with Crippen molar-refractivity contribution in [1.82, 2.24) is 14.1 Å². The fourth-order valence-electron chi connectivity index (χ4n) is 4.47. The van der Waals surface area contributed by atoms with Gasteiger partial charge in [-0.2, -0.15) is 31.3 Å². The van der Waals surface area contributed by atoms with Gasteiger partial charge in [-0.3, -0.25) is 14.2 Å². The fourth-order valence-corrected chi connectivity index (χ4v) is 4.86. The van der Waals surface area contributed by atoms with Crippen LogP contribution in [0.25, 0.3) is 16.6 Å². The third kappa shape index (κ3) is 10.5. The van der Waals surface area contributed by atoms with E-state index in [9.17, 15) is 35.9 Å². The maximum atomic E-state index is 13.2. The van der Waals surface area contributed by atoms with E-state index in [1.165, 1.54) is 79.6 Å². The summed E-state index contributed by atoms with van der Waals surface area (Å²) in [5, 5.41) is 2.25. The summed E-state index contributed by atoms with van der Waals surface area (Å²) in [7, 11) is 3.05. The molecule has 2 aromatic heterocycles. The van der Waals surface area contributed by atoms with Crippen molar-refractivity contribution < 1.29 is 45.3 Å². The Morgan fingerprint density at radius 1 is 0.784 bits per heavy atom. The van der Waals surface area contributed by atoms with Gasteiger partial charge in [-0.1, -0.05) is 0 Å². The van der Waals surface area contributed by atoms with Crippen LogP contribution in [0.5, 0.6) is 23.0 Å². The summed E-state index contributed by atoms with van der Waals surface area (Å²) >= 11 is 9.70. The zero-order valence-electron chi connectivity index (χ0n) is 26.5. The van der Waals surface area contributed by atoms with Gasteiger partial charge >= 0.3 is 12.4 Å². The molecule has 0 saturated heterocycles. The Labute approximate surface area is 295 Å². The molecule has 2 heterocycles. The first-order valence-corrected chi connectivity index (χ1v) is 15.2. The molecule has 0 radical (unpaired) electrons. The van der Waals surface area contributed by atoms with Gasteiger partial charge in [-0.05, 0) is 91.2 Å². The number of nitrogens with zero attached hydrogens (tertiary/aromatic N) is 3. The van der Waals surface area contributed by atoms with Crippen molar-refractivity contribution in [1.29, 1.82) is 0 Å². The number of ether oxygens (including phenoxy) is 4. The Morgan fingerprint density at radius 2 is 1.35 bits per heavy atom. The predicted octanol–water partition coefficient (Wildman–Crippen LogP) is 7.58. The van der Waals surface area contributed by atoms with Gasteiger partial charge < -0.3 is 28.5 Å². The highest BCUT2D eigenvalue weighted by Gasteiger charge is 2.29. The number of pyridine rings is 1. The van der Waals surface area contributed by atoms with Crippen molar-refractivity contribution in [3.05, 3.63) is 110 Å². The SMILES string of the molecule is COc1ccc(Cn2ccc3c(=O)n(-c4ccc(OCC(F)(F)F)cc4)c(=S)[nH]c3c2=O)c(OC)c1.FC(F)(F)COc1ccc(N=C=S)cc1. The number of alkyl halides is 6. The minimum Gasteiger partial charge on any atom is -0.497 e. The molecule has 18 heteroatoms. The molecule has 0 atom stereocenters. The summed E-state index contributed by atoms with van der Waals surface area (Å²) < 4.78 is 94.7. The van der Waals surface area contributed by atoms with Crippen LogP contribution < -0.4 is 30.1 Å². The van der Waals surface area contributed by atoms with Crippen molar-refractivity contribution in [2.45, 2.75) is 18.9 Å². The van der Waals surface area contributed by atoms with E-state index in [0.29, 0.717) is 22.9 Å². The molecule has 0 fully saturated rings. The number of aromatic amines is 1. The lowest BCUT2D eigenvalue weighted by molar-refractivity contribution is -0.154.